The van der Waals surface area contributed by atoms with E-state index in [1.807, 2.05) is 6.07 Å². The fourth-order valence-electron chi connectivity index (χ4n) is 1.22. The molecule has 0 bridgehead atoms. The van der Waals surface area contributed by atoms with E-state index in [2.05, 4.69) is 63.2 Å². The predicted octanol–water partition coefficient (Wildman–Crippen LogP) is 3.96. The van der Waals surface area contributed by atoms with Gasteiger partial charge in [-0.15, -0.1) is 0 Å². The predicted molar refractivity (Wildman–Crippen MR) is 68.4 cm³/mol. The first-order chi connectivity index (χ1) is 6.58. The molecule has 0 aliphatic rings. The third-order valence-electron chi connectivity index (χ3n) is 1.80. The Bertz CT molecular complexity index is 277. The van der Waals surface area contributed by atoms with Crippen LogP contribution in [0.1, 0.15) is 19.4 Å². The molecule has 3 heteroatoms. The Morgan fingerprint density at radius 2 is 1.71 bits per heavy atom. The third-order valence-corrected chi connectivity index (χ3v) is 2.72. The number of hydrogen-bond acceptors (Lipinski definition) is 1. The minimum Gasteiger partial charge on any atom is -0.312 e. The van der Waals surface area contributed by atoms with Gasteiger partial charge in [-0.2, -0.15) is 0 Å². The standard InChI is InChI=1S/C11H15Br2N/c1-8(2)6-14-7-9-3-10(12)5-11(13)4-9/h3-5,8,14H,6-7H2,1-2H3. The minimum absolute atomic E-state index is 0.700. The highest BCUT2D eigenvalue weighted by atomic mass is 79.9. The van der Waals surface area contributed by atoms with Crippen molar-refractivity contribution in [3.8, 4) is 0 Å². The average molecular weight is 321 g/mol. The second-order valence-electron chi connectivity index (χ2n) is 3.80. The van der Waals surface area contributed by atoms with E-state index in [1.54, 1.807) is 0 Å². The van der Waals surface area contributed by atoms with E-state index >= 15 is 0 Å². The first kappa shape index (κ1) is 12.2. The maximum absolute atomic E-state index is 3.48. The Labute approximate surface area is 103 Å². The summed E-state index contributed by atoms with van der Waals surface area (Å²) in [4.78, 5) is 0. The summed E-state index contributed by atoms with van der Waals surface area (Å²) in [5.74, 6) is 0.700. The van der Waals surface area contributed by atoms with Crippen molar-refractivity contribution in [3.63, 3.8) is 0 Å². The molecular weight excluding hydrogens is 306 g/mol. The van der Waals surface area contributed by atoms with E-state index < -0.39 is 0 Å². The maximum atomic E-state index is 3.48. The molecule has 0 saturated heterocycles. The number of halogens is 2. The van der Waals surface area contributed by atoms with Crippen LogP contribution < -0.4 is 5.32 Å². The Morgan fingerprint density at radius 1 is 1.14 bits per heavy atom. The van der Waals surface area contributed by atoms with Crippen LogP contribution in [0, 0.1) is 5.92 Å². The van der Waals surface area contributed by atoms with Crippen molar-refractivity contribution < 1.29 is 0 Å². The monoisotopic (exact) mass is 319 g/mol. The van der Waals surface area contributed by atoms with Crippen molar-refractivity contribution in [1.29, 1.82) is 0 Å². The molecule has 14 heavy (non-hydrogen) atoms. The lowest BCUT2D eigenvalue weighted by atomic mass is 10.2. The molecule has 0 aliphatic heterocycles. The molecule has 1 aromatic carbocycles. The lowest BCUT2D eigenvalue weighted by Crippen LogP contribution is -2.18. The molecule has 0 radical (unpaired) electrons. The summed E-state index contributed by atoms with van der Waals surface area (Å²) < 4.78 is 2.24. The maximum Gasteiger partial charge on any atom is 0.0206 e. The molecule has 0 amide bonds. The van der Waals surface area contributed by atoms with Gasteiger partial charge in [-0.25, -0.2) is 0 Å². The zero-order valence-corrected chi connectivity index (χ0v) is 11.7. The Hall–Kier alpha value is 0.140. The molecule has 0 fully saturated rings. The van der Waals surface area contributed by atoms with Crippen molar-refractivity contribution >= 4 is 31.9 Å². The van der Waals surface area contributed by atoms with Crippen LogP contribution in [0.4, 0.5) is 0 Å². The zero-order valence-electron chi connectivity index (χ0n) is 8.48. The van der Waals surface area contributed by atoms with Gasteiger partial charge in [0.1, 0.15) is 0 Å². The highest BCUT2D eigenvalue weighted by molar-refractivity contribution is 9.11. The Morgan fingerprint density at radius 3 is 2.21 bits per heavy atom. The molecule has 0 unspecified atom stereocenters. The molecule has 0 saturated carbocycles. The first-order valence-electron chi connectivity index (χ1n) is 4.73. The van der Waals surface area contributed by atoms with E-state index in [0.29, 0.717) is 5.92 Å². The molecule has 1 aromatic rings. The molecule has 0 aromatic heterocycles. The normalized spacial score (nSPS) is 10.9. The van der Waals surface area contributed by atoms with E-state index in [0.717, 1.165) is 22.0 Å². The highest BCUT2D eigenvalue weighted by Gasteiger charge is 1.98. The van der Waals surface area contributed by atoms with Crippen molar-refractivity contribution in [1.82, 2.24) is 5.32 Å². The SMILES string of the molecule is CC(C)CNCc1cc(Br)cc(Br)c1. The summed E-state index contributed by atoms with van der Waals surface area (Å²) in [5.41, 5.74) is 1.30. The molecule has 0 spiro atoms. The largest absolute Gasteiger partial charge is 0.312 e. The van der Waals surface area contributed by atoms with E-state index in [-0.39, 0.29) is 0 Å². The lowest BCUT2D eigenvalue weighted by molar-refractivity contribution is 0.552. The summed E-state index contributed by atoms with van der Waals surface area (Å²) >= 11 is 6.95. The lowest BCUT2D eigenvalue weighted by Gasteiger charge is -2.08. The van der Waals surface area contributed by atoms with Gasteiger partial charge in [-0.3, -0.25) is 0 Å². The van der Waals surface area contributed by atoms with Gasteiger partial charge in [0, 0.05) is 15.5 Å². The number of hydrogen-bond donors (Lipinski definition) is 1. The summed E-state index contributed by atoms with van der Waals surface area (Å²) in [7, 11) is 0. The van der Waals surface area contributed by atoms with E-state index in [1.165, 1.54) is 5.56 Å². The molecule has 0 atom stereocenters. The zero-order chi connectivity index (χ0) is 10.6. The molecular formula is C11H15Br2N. The third kappa shape index (κ3) is 4.58. The summed E-state index contributed by atoms with van der Waals surface area (Å²) in [6, 6.07) is 6.32. The molecule has 1 N–H and O–H groups in total. The van der Waals surface area contributed by atoms with Crippen molar-refractivity contribution in [2.45, 2.75) is 20.4 Å². The van der Waals surface area contributed by atoms with Gasteiger partial charge >= 0.3 is 0 Å². The molecule has 1 nitrogen and oxygen atoms in total. The van der Waals surface area contributed by atoms with Crippen LogP contribution in [-0.2, 0) is 6.54 Å². The first-order valence-corrected chi connectivity index (χ1v) is 6.32. The molecule has 0 aliphatic carbocycles. The number of rotatable bonds is 4. The van der Waals surface area contributed by atoms with Gasteiger partial charge in [-0.05, 0) is 36.2 Å². The van der Waals surface area contributed by atoms with Gasteiger partial charge in [0.2, 0.25) is 0 Å². The second-order valence-corrected chi connectivity index (χ2v) is 5.63. The summed E-state index contributed by atoms with van der Waals surface area (Å²) in [6.45, 7) is 6.41. The number of benzene rings is 1. The van der Waals surface area contributed by atoms with Gasteiger partial charge in [0.05, 0.1) is 0 Å². The fraction of sp³-hybridized carbons (Fsp3) is 0.455. The molecule has 1 rings (SSSR count). The van der Waals surface area contributed by atoms with Crippen LogP contribution >= 0.6 is 31.9 Å². The summed E-state index contributed by atoms with van der Waals surface area (Å²) in [5, 5.41) is 3.41. The highest BCUT2D eigenvalue weighted by Crippen LogP contribution is 2.19. The van der Waals surface area contributed by atoms with Crippen LogP contribution in [0.5, 0.6) is 0 Å². The average Bonchev–Trinajstić information content (AvgIpc) is 2.01. The number of nitrogens with one attached hydrogen (secondary N) is 1. The topological polar surface area (TPSA) is 12.0 Å². The Balaban J connectivity index is 2.50. The van der Waals surface area contributed by atoms with Crippen LogP contribution in [0.3, 0.4) is 0 Å². The minimum atomic E-state index is 0.700. The Kier molecular flexibility index (Phi) is 5.13. The van der Waals surface area contributed by atoms with E-state index in [4.69, 9.17) is 0 Å². The molecule has 0 heterocycles. The smallest absolute Gasteiger partial charge is 0.0206 e. The van der Waals surface area contributed by atoms with Gasteiger partial charge in [0.15, 0.2) is 0 Å². The van der Waals surface area contributed by atoms with Crippen LogP contribution in [0.15, 0.2) is 27.1 Å². The molecule has 78 valence electrons. The van der Waals surface area contributed by atoms with Crippen molar-refractivity contribution in [2.24, 2.45) is 5.92 Å². The quantitative estimate of drug-likeness (QED) is 0.885. The van der Waals surface area contributed by atoms with E-state index in [9.17, 15) is 0 Å². The van der Waals surface area contributed by atoms with Crippen LogP contribution in [0.25, 0.3) is 0 Å². The van der Waals surface area contributed by atoms with Crippen molar-refractivity contribution in [2.75, 3.05) is 6.54 Å². The fourth-order valence-corrected chi connectivity index (χ4v) is 2.61. The summed E-state index contributed by atoms with van der Waals surface area (Å²) in [6.07, 6.45) is 0. The van der Waals surface area contributed by atoms with Crippen LogP contribution in [-0.4, -0.2) is 6.54 Å². The second kappa shape index (κ2) is 5.89. The van der Waals surface area contributed by atoms with Gasteiger partial charge in [-0.1, -0.05) is 45.7 Å². The van der Waals surface area contributed by atoms with Gasteiger partial charge < -0.3 is 5.32 Å². The van der Waals surface area contributed by atoms with Crippen LogP contribution in [0.2, 0.25) is 0 Å². The van der Waals surface area contributed by atoms with Crippen molar-refractivity contribution in [3.05, 3.63) is 32.7 Å². The van der Waals surface area contributed by atoms with Gasteiger partial charge in [0.25, 0.3) is 0 Å².